The number of aryl methyl sites for hydroxylation is 2. The second kappa shape index (κ2) is 8.19. The summed E-state index contributed by atoms with van der Waals surface area (Å²) in [5, 5.41) is 3.10. The number of carbonyl (C=O) groups excluding carboxylic acids is 1. The van der Waals surface area contributed by atoms with Crippen LogP contribution in [0.2, 0.25) is 0 Å². The van der Waals surface area contributed by atoms with Gasteiger partial charge in [0, 0.05) is 32.0 Å². The van der Waals surface area contributed by atoms with E-state index in [1.54, 1.807) is 6.20 Å². The molecule has 1 saturated heterocycles. The van der Waals surface area contributed by atoms with Crippen molar-refractivity contribution in [3.8, 4) is 0 Å². The minimum Gasteiger partial charge on any atom is -0.338 e. The van der Waals surface area contributed by atoms with E-state index in [1.165, 1.54) is 17.5 Å². The predicted octanol–water partition coefficient (Wildman–Crippen LogP) is 3.76. The average Bonchev–Trinajstić information content (AvgIpc) is 3.13. The number of benzene rings is 1. The Morgan fingerprint density at radius 2 is 2.12 bits per heavy atom. The molecule has 134 valence electrons. The summed E-state index contributed by atoms with van der Waals surface area (Å²) >= 11 is 0. The summed E-state index contributed by atoms with van der Waals surface area (Å²) in [5.41, 5.74) is 2.49. The van der Waals surface area contributed by atoms with Gasteiger partial charge in [-0.2, -0.15) is 0 Å². The van der Waals surface area contributed by atoms with Crippen LogP contribution in [0.3, 0.4) is 0 Å². The van der Waals surface area contributed by atoms with Gasteiger partial charge >= 0.3 is 6.03 Å². The Hall–Kier alpha value is -2.30. The Kier molecular flexibility index (Phi) is 5.74. The van der Waals surface area contributed by atoms with Crippen molar-refractivity contribution in [3.63, 3.8) is 0 Å². The molecule has 1 aliphatic heterocycles. The molecule has 3 rings (SSSR count). The van der Waals surface area contributed by atoms with Crippen molar-refractivity contribution >= 4 is 6.03 Å². The molecule has 1 aromatic heterocycles. The van der Waals surface area contributed by atoms with Crippen molar-refractivity contribution in [2.24, 2.45) is 5.92 Å². The van der Waals surface area contributed by atoms with Gasteiger partial charge in [0.2, 0.25) is 0 Å². The number of nitrogens with one attached hydrogen (secondary N) is 1. The number of piperidine rings is 1. The maximum absolute atomic E-state index is 12.8. The van der Waals surface area contributed by atoms with E-state index < -0.39 is 0 Å². The van der Waals surface area contributed by atoms with Crippen molar-refractivity contribution in [1.82, 2.24) is 19.8 Å². The smallest absolute Gasteiger partial charge is 0.317 e. The summed E-state index contributed by atoms with van der Waals surface area (Å²) in [5.74, 6) is 0.480. The normalized spacial score (nSPS) is 20.5. The van der Waals surface area contributed by atoms with Crippen LogP contribution in [0.15, 0.2) is 43.0 Å². The van der Waals surface area contributed by atoms with Crippen LogP contribution in [0.1, 0.15) is 43.4 Å². The number of carbonyl (C=O) groups is 1. The molecule has 0 radical (unpaired) electrons. The van der Waals surface area contributed by atoms with E-state index in [2.05, 4.69) is 48.4 Å². The predicted molar refractivity (Wildman–Crippen MR) is 99.3 cm³/mol. The number of hydrogen-bond acceptors (Lipinski definition) is 2. The largest absolute Gasteiger partial charge is 0.338 e. The molecule has 2 atom stereocenters. The van der Waals surface area contributed by atoms with Crippen LogP contribution in [0.4, 0.5) is 4.79 Å². The lowest BCUT2D eigenvalue weighted by atomic mass is 9.86. The van der Waals surface area contributed by atoms with Gasteiger partial charge in [0.05, 0.1) is 12.4 Å². The number of rotatable bonds is 5. The maximum atomic E-state index is 12.8. The highest BCUT2D eigenvalue weighted by molar-refractivity contribution is 5.75. The van der Waals surface area contributed by atoms with Crippen molar-refractivity contribution in [1.29, 1.82) is 0 Å². The first-order valence-corrected chi connectivity index (χ1v) is 9.22. The zero-order chi connectivity index (χ0) is 17.6. The van der Waals surface area contributed by atoms with Crippen LogP contribution in [0.5, 0.6) is 0 Å². The van der Waals surface area contributed by atoms with E-state index in [-0.39, 0.29) is 12.1 Å². The fourth-order valence-electron chi connectivity index (χ4n) is 3.67. The monoisotopic (exact) mass is 340 g/mol. The topological polar surface area (TPSA) is 50.2 Å². The standard InChI is InChI=1S/C20H28N4O/c1-16-6-8-18(9-7-16)19-17(2)5-3-13-24(19)20(25)22-10-4-12-23-14-11-21-15-23/h6-9,11,14-15,17,19H,3-5,10,12-13H2,1-2H3,(H,22,25). The van der Waals surface area contributed by atoms with Gasteiger partial charge in [0.25, 0.3) is 0 Å². The lowest BCUT2D eigenvalue weighted by Crippen LogP contribution is -2.47. The lowest BCUT2D eigenvalue weighted by Gasteiger charge is -2.40. The van der Waals surface area contributed by atoms with Crippen LogP contribution < -0.4 is 5.32 Å². The molecule has 0 aliphatic carbocycles. The molecular weight excluding hydrogens is 312 g/mol. The van der Waals surface area contributed by atoms with Gasteiger partial charge < -0.3 is 14.8 Å². The number of hydrogen-bond donors (Lipinski definition) is 1. The second-order valence-corrected chi connectivity index (χ2v) is 7.05. The molecule has 0 spiro atoms. The lowest BCUT2D eigenvalue weighted by molar-refractivity contribution is 0.119. The Balaban J connectivity index is 1.59. The highest BCUT2D eigenvalue weighted by Crippen LogP contribution is 2.35. The number of nitrogens with zero attached hydrogens (tertiary/aromatic N) is 3. The Bertz CT molecular complexity index is 666. The van der Waals surface area contributed by atoms with Gasteiger partial charge in [-0.3, -0.25) is 0 Å². The molecule has 1 N–H and O–H groups in total. The number of urea groups is 1. The molecule has 2 amide bonds. The van der Waals surface area contributed by atoms with Crippen LogP contribution >= 0.6 is 0 Å². The minimum atomic E-state index is 0.0581. The molecule has 1 aromatic carbocycles. The molecular formula is C20H28N4O. The van der Waals surface area contributed by atoms with E-state index in [0.717, 1.165) is 25.9 Å². The van der Waals surface area contributed by atoms with Crippen molar-refractivity contribution in [3.05, 3.63) is 54.1 Å². The number of aromatic nitrogens is 2. The van der Waals surface area contributed by atoms with E-state index in [0.29, 0.717) is 12.5 Å². The molecule has 5 heteroatoms. The third kappa shape index (κ3) is 4.41. The van der Waals surface area contributed by atoms with Gasteiger partial charge in [-0.15, -0.1) is 0 Å². The number of imidazole rings is 1. The molecule has 1 fully saturated rings. The van der Waals surface area contributed by atoms with Crippen LogP contribution in [-0.2, 0) is 6.54 Å². The van der Waals surface area contributed by atoms with Crippen LogP contribution in [-0.4, -0.2) is 33.6 Å². The zero-order valence-electron chi connectivity index (χ0n) is 15.2. The highest BCUT2D eigenvalue weighted by Gasteiger charge is 2.32. The van der Waals surface area contributed by atoms with Gasteiger partial charge in [-0.25, -0.2) is 9.78 Å². The first kappa shape index (κ1) is 17.5. The summed E-state index contributed by atoms with van der Waals surface area (Å²) in [6, 6.07) is 8.84. The van der Waals surface area contributed by atoms with Crippen molar-refractivity contribution in [2.75, 3.05) is 13.1 Å². The van der Waals surface area contributed by atoms with Gasteiger partial charge in [0.1, 0.15) is 0 Å². The van der Waals surface area contributed by atoms with E-state index >= 15 is 0 Å². The quantitative estimate of drug-likeness (QED) is 0.843. The van der Waals surface area contributed by atoms with Gasteiger partial charge in [-0.05, 0) is 37.7 Å². The SMILES string of the molecule is Cc1ccc(C2C(C)CCCN2C(=O)NCCCn2ccnc2)cc1. The average molecular weight is 340 g/mol. The van der Waals surface area contributed by atoms with E-state index in [4.69, 9.17) is 0 Å². The number of amides is 2. The zero-order valence-corrected chi connectivity index (χ0v) is 15.2. The first-order chi connectivity index (χ1) is 12.1. The summed E-state index contributed by atoms with van der Waals surface area (Å²) in [4.78, 5) is 18.8. The molecule has 2 aromatic rings. The molecule has 2 unspecified atom stereocenters. The van der Waals surface area contributed by atoms with Gasteiger partial charge in [-0.1, -0.05) is 36.8 Å². The van der Waals surface area contributed by atoms with Crippen LogP contribution in [0.25, 0.3) is 0 Å². The Morgan fingerprint density at radius 1 is 1.32 bits per heavy atom. The third-order valence-electron chi connectivity index (χ3n) is 5.04. The maximum Gasteiger partial charge on any atom is 0.317 e. The minimum absolute atomic E-state index is 0.0581. The van der Waals surface area contributed by atoms with E-state index in [9.17, 15) is 4.79 Å². The summed E-state index contributed by atoms with van der Waals surface area (Å²) < 4.78 is 2.03. The van der Waals surface area contributed by atoms with Gasteiger partial charge in [0.15, 0.2) is 0 Å². The van der Waals surface area contributed by atoms with Crippen LogP contribution in [0, 0.1) is 12.8 Å². The number of likely N-dealkylation sites (tertiary alicyclic amines) is 1. The summed E-state index contributed by atoms with van der Waals surface area (Å²) in [6.45, 7) is 6.73. The second-order valence-electron chi connectivity index (χ2n) is 7.05. The molecule has 0 saturated carbocycles. The summed E-state index contributed by atoms with van der Waals surface area (Å²) in [6.07, 6.45) is 8.68. The van der Waals surface area contributed by atoms with Crippen molar-refractivity contribution in [2.45, 2.75) is 45.7 Å². The molecule has 25 heavy (non-hydrogen) atoms. The Morgan fingerprint density at radius 3 is 2.84 bits per heavy atom. The fourth-order valence-corrected chi connectivity index (χ4v) is 3.67. The molecule has 0 bridgehead atoms. The summed E-state index contributed by atoms with van der Waals surface area (Å²) in [7, 11) is 0. The fraction of sp³-hybridized carbons (Fsp3) is 0.500. The molecule has 2 heterocycles. The highest BCUT2D eigenvalue weighted by atomic mass is 16.2. The van der Waals surface area contributed by atoms with Crippen molar-refractivity contribution < 1.29 is 4.79 Å². The molecule has 5 nitrogen and oxygen atoms in total. The first-order valence-electron chi connectivity index (χ1n) is 9.22. The molecule has 1 aliphatic rings. The Labute approximate surface area is 150 Å². The van der Waals surface area contributed by atoms with E-state index in [1.807, 2.05) is 22.0 Å². The third-order valence-corrected chi connectivity index (χ3v) is 5.04.